The Morgan fingerprint density at radius 2 is 2.06 bits per heavy atom. The van der Waals surface area contributed by atoms with Crippen LogP contribution in [0.5, 0.6) is 0 Å². The van der Waals surface area contributed by atoms with Crippen molar-refractivity contribution in [3.8, 4) is 0 Å². The van der Waals surface area contributed by atoms with Crippen molar-refractivity contribution in [2.24, 2.45) is 5.92 Å². The first-order chi connectivity index (χ1) is 7.29. The first-order valence-electron chi connectivity index (χ1n) is 4.81. The molecule has 0 fully saturated rings. The molecule has 0 aromatic heterocycles. The average molecular weight is 243 g/mol. The quantitative estimate of drug-likeness (QED) is 0.706. The van der Waals surface area contributed by atoms with Crippen molar-refractivity contribution in [2.45, 2.75) is 25.6 Å². The maximum Gasteiger partial charge on any atom is 0.403 e. The molecule has 0 aromatic rings. The summed E-state index contributed by atoms with van der Waals surface area (Å²) in [7, 11) is 1.49. The van der Waals surface area contributed by atoms with Gasteiger partial charge in [-0.05, 0) is 13.3 Å². The molecule has 0 saturated heterocycles. The van der Waals surface area contributed by atoms with Gasteiger partial charge in [0, 0.05) is 26.3 Å². The first-order valence-corrected chi connectivity index (χ1v) is 4.81. The zero-order chi connectivity index (χ0) is 12.8. The smallest absolute Gasteiger partial charge is 0.403 e. The first kappa shape index (κ1) is 15.2. The summed E-state index contributed by atoms with van der Waals surface area (Å²) in [6, 6.07) is -0.218. The Morgan fingerprint density at radius 1 is 1.50 bits per heavy atom. The van der Waals surface area contributed by atoms with Crippen molar-refractivity contribution in [1.82, 2.24) is 5.32 Å². The molecule has 0 aliphatic rings. The van der Waals surface area contributed by atoms with Crippen LogP contribution in [0.15, 0.2) is 0 Å². The number of halogens is 3. The number of carboxylic acid groups (broad SMARTS) is 1. The van der Waals surface area contributed by atoms with Gasteiger partial charge in [0.2, 0.25) is 0 Å². The second kappa shape index (κ2) is 6.70. The monoisotopic (exact) mass is 243 g/mol. The number of hydrogen-bond donors (Lipinski definition) is 2. The van der Waals surface area contributed by atoms with E-state index in [-0.39, 0.29) is 6.04 Å². The number of alkyl halides is 3. The van der Waals surface area contributed by atoms with E-state index in [0.717, 1.165) is 0 Å². The molecule has 0 spiro atoms. The molecule has 96 valence electrons. The number of hydrogen-bond acceptors (Lipinski definition) is 3. The number of carbonyl (C=O) groups is 1. The number of ether oxygens (including phenoxy) is 1. The van der Waals surface area contributed by atoms with Gasteiger partial charge in [0.15, 0.2) is 5.92 Å². The van der Waals surface area contributed by atoms with Crippen molar-refractivity contribution < 1.29 is 27.8 Å². The van der Waals surface area contributed by atoms with E-state index in [0.29, 0.717) is 13.0 Å². The second-order valence-corrected chi connectivity index (χ2v) is 3.52. The third-order valence-corrected chi connectivity index (χ3v) is 2.12. The van der Waals surface area contributed by atoms with Crippen molar-refractivity contribution in [1.29, 1.82) is 0 Å². The van der Waals surface area contributed by atoms with Gasteiger partial charge in [-0.3, -0.25) is 4.79 Å². The Hall–Kier alpha value is -0.820. The summed E-state index contributed by atoms with van der Waals surface area (Å²) in [6.45, 7) is 1.47. The lowest BCUT2D eigenvalue weighted by Gasteiger charge is -2.19. The fraction of sp³-hybridized carbons (Fsp3) is 0.889. The predicted octanol–water partition coefficient (Wildman–Crippen LogP) is 1.26. The van der Waals surface area contributed by atoms with Crippen LogP contribution in [0.1, 0.15) is 13.3 Å². The molecular formula is C9H16F3NO3. The molecule has 0 amide bonds. The van der Waals surface area contributed by atoms with Gasteiger partial charge in [-0.15, -0.1) is 0 Å². The number of aliphatic carboxylic acids is 1. The normalized spacial score (nSPS) is 15.8. The largest absolute Gasteiger partial charge is 0.481 e. The summed E-state index contributed by atoms with van der Waals surface area (Å²) in [6.07, 6.45) is -4.19. The van der Waals surface area contributed by atoms with E-state index in [1.165, 1.54) is 7.11 Å². The highest BCUT2D eigenvalue weighted by atomic mass is 19.4. The van der Waals surface area contributed by atoms with Crippen LogP contribution in [0.25, 0.3) is 0 Å². The summed E-state index contributed by atoms with van der Waals surface area (Å²) in [5, 5.41) is 10.9. The lowest BCUT2D eigenvalue weighted by Crippen LogP contribution is -2.42. The minimum atomic E-state index is -4.72. The van der Waals surface area contributed by atoms with Crippen LogP contribution in [-0.4, -0.2) is 43.6 Å². The second-order valence-electron chi connectivity index (χ2n) is 3.52. The maximum absolute atomic E-state index is 12.2. The third-order valence-electron chi connectivity index (χ3n) is 2.12. The van der Waals surface area contributed by atoms with Gasteiger partial charge >= 0.3 is 12.1 Å². The molecule has 0 bridgehead atoms. The summed E-state index contributed by atoms with van der Waals surface area (Å²) in [4.78, 5) is 10.4. The van der Waals surface area contributed by atoms with Gasteiger partial charge < -0.3 is 15.2 Å². The molecule has 2 unspecified atom stereocenters. The van der Waals surface area contributed by atoms with Crippen LogP contribution < -0.4 is 5.32 Å². The summed E-state index contributed by atoms with van der Waals surface area (Å²) in [5.74, 6) is -4.23. The molecule has 0 aromatic carbocycles. The van der Waals surface area contributed by atoms with E-state index in [1.807, 2.05) is 0 Å². The average Bonchev–Trinajstić information content (AvgIpc) is 2.12. The molecular weight excluding hydrogens is 227 g/mol. The minimum Gasteiger partial charge on any atom is -0.481 e. The highest BCUT2D eigenvalue weighted by Gasteiger charge is 2.44. The molecule has 0 heterocycles. The van der Waals surface area contributed by atoms with Crippen LogP contribution in [-0.2, 0) is 9.53 Å². The van der Waals surface area contributed by atoms with E-state index < -0.39 is 24.6 Å². The molecule has 4 nitrogen and oxygen atoms in total. The molecule has 0 saturated carbocycles. The Kier molecular flexibility index (Phi) is 6.35. The Balaban J connectivity index is 4.08. The van der Waals surface area contributed by atoms with Crippen molar-refractivity contribution in [3.05, 3.63) is 0 Å². The van der Waals surface area contributed by atoms with E-state index in [4.69, 9.17) is 9.84 Å². The molecule has 2 N–H and O–H groups in total. The van der Waals surface area contributed by atoms with E-state index >= 15 is 0 Å². The van der Waals surface area contributed by atoms with Crippen molar-refractivity contribution in [3.63, 3.8) is 0 Å². The molecule has 2 atom stereocenters. The molecule has 0 rings (SSSR count). The Bertz CT molecular complexity index is 221. The standard InChI is InChI=1S/C9H16F3NO3/c1-6(3-4-16-2)13-5-7(8(14)15)9(10,11)12/h6-7,13H,3-5H2,1-2H3,(H,14,15). The van der Waals surface area contributed by atoms with E-state index in [1.54, 1.807) is 6.92 Å². The SMILES string of the molecule is COCCC(C)NCC(C(=O)O)C(F)(F)F. The van der Waals surface area contributed by atoms with Crippen molar-refractivity contribution >= 4 is 5.97 Å². The van der Waals surface area contributed by atoms with Crippen LogP contribution in [0.3, 0.4) is 0 Å². The lowest BCUT2D eigenvalue weighted by atomic mass is 10.1. The maximum atomic E-state index is 12.2. The zero-order valence-electron chi connectivity index (χ0n) is 9.17. The van der Waals surface area contributed by atoms with E-state index in [2.05, 4.69) is 5.32 Å². The molecule has 16 heavy (non-hydrogen) atoms. The highest BCUT2D eigenvalue weighted by Crippen LogP contribution is 2.25. The highest BCUT2D eigenvalue weighted by molar-refractivity contribution is 5.71. The Morgan fingerprint density at radius 3 is 2.44 bits per heavy atom. The molecule has 0 aliphatic heterocycles. The molecule has 0 aliphatic carbocycles. The van der Waals surface area contributed by atoms with Gasteiger partial charge in [-0.2, -0.15) is 13.2 Å². The minimum absolute atomic E-state index is 0.218. The van der Waals surface area contributed by atoms with Gasteiger partial charge in [0.25, 0.3) is 0 Å². The number of rotatable bonds is 7. The number of methoxy groups -OCH3 is 1. The van der Waals surface area contributed by atoms with Crippen molar-refractivity contribution in [2.75, 3.05) is 20.3 Å². The molecule has 0 radical (unpaired) electrons. The lowest BCUT2D eigenvalue weighted by molar-refractivity contribution is -0.192. The fourth-order valence-corrected chi connectivity index (χ4v) is 1.06. The predicted molar refractivity (Wildman–Crippen MR) is 51.1 cm³/mol. The molecule has 7 heteroatoms. The van der Waals surface area contributed by atoms with Crippen LogP contribution in [0.2, 0.25) is 0 Å². The number of carboxylic acids is 1. The van der Waals surface area contributed by atoms with Crippen LogP contribution >= 0.6 is 0 Å². The van der Waals surface area contributed by atoms with Gasteiger partial charge in [-0.1, -0.05) is 0 Å². The summed E-state index contributed by atoms with van der Waals surface area (Å²) >= 11 is 0. The Labute approximate surface area is 91.8 Å². The van der Waals surface area contributed by atoms with Gasteiger partial charge in [-0.25, -0.2) is 0 Å². The topological polar surface area (TPSA) is 58.6 Å². The van der Waals surface area contributed by atoms with E-state index in [9.17, 15) is 18.0 Å². The van der Waals surface area contributed by atoms with Gasteiger partial charge in [0.1, 0.15) is 0 Å². The van der Waals surface area contributed by atoms with Crippen LogP contribution in [0, 0.1) is 5.92 Å². The third kappa shape index (κ3) is 5.92. The summed E-state index contributed by atoms with van der Waals surface area (Å²) < 4.78 is 41.4. The number of nitrogens with one attached hydrogen (secondary N) is 1. The zero-order valence-corrected chi connectivity index (χ0v) is 9.17. The van der Waals surface area contributed by atoms with Crippen LogP contribution in [0.4, 0.5) is 13.2 Å². The fourth-order valence-electron chi connectivity index (χ4n) is 1.06. The summed E-state index contributed by atoms with van der Waals surface area (Å²) in [5.41, 5.74) is 0. The van der Waals surface area contributed by atoms with Gasteiger partial charge in [0.05, 0.1) is 0 Å².